The number of hydrogen-bond donors (Lipinski definition) is 0. The van der Waals surface area contributed by atoms with Crippen LogP contribution in [-0.2, 0) is 85.8 Å². The Hall–Kier alpha value is -6.95. The van der Waals surface area contributed by atoms with E-state index in [-0.39, 0.29) is 36.1 Å². The number of cyclic esters (lactones) is 8. The number of carbonyl (C=O) groups excluding carboxylic acids is 9. The fourth-order valence-corrected chi connectivity index (χ4v) is 5.58. The first-order chi connectivity index (χ1) is 27.4. The Morgan fingerprint density at radius 1 is 0.603 bits per heavy atom. The zero-order valence-electron chi connectivity index (χ0n) is 31.9. The van der Waals surface area contributed by atoms with Gasteiger partial charge in [0.05, 0.1) is 0 Å². The van der Waals surface area contributed by atoms with Crippen molar-refractivity contribution in [1.29, 1.82) is 0 Å². The lowest BCUT2D eigenvalue weighted by molar-refractivity contribution is -0.241. The van der Waals surface area contributed by atoms with E-state index >= 15 is 0 Å². The molecule has 0 unspecified atom stereocenters. The van der Waals surface area contributed by atoms with E-state index in [0.29, 0.717) is 11.1 Å². The second kappa shape index (κ2) is 17.0. The number of Topliss-reactive ketones (excluding diaryl/α,β-unsaturated/α-hetero) is 1. The molecule has 304 valence electrons. The Kier molecular flexibility index (Phi) is 12.4. The standard InChI is InChI=1S/C40H36O18/c1-20-18-28(38-53-31(44)24(32(45)54-38)14-10-8-12-16-26-35(48)57-40(5,22(3)41)58-36(26)49)21(2)17-27(20)37-51-29(42)23(30(43)52-37)13-9-7-11-15-25-33(46)55-39(4,19-50-6)56-34(25)47/h7-9,12-18,37-38H,10-11,19H2,1-6H3. The lowest BCUT2D eigenvalue weighted by atomic mass is 9.98. The maximum Gasteiger partial charge on any atom is 0.349 e. The van der Waals surface area contributed by atoms with Crippen LogP contribution in [0, 0.1) is 13.8 Å². The summed E-state index contributed by atoms with van der Waals surface area (Å²) in [6.45, 7) is 6.67. The van der Waals surface area contributed by atoms with Gasteiger partial charge in [0.15, 0.2) is 0 Å². The molecule has 58 heavy (non-hydrogen) atoms. The highest BCUT2D eigenvalue weighted by atomic mass is 16.8. The Morgan fingerprint density at radius 2 is 0.966 bits per heavy atom. The Morgan fingerprint density at radius 3 is 1.36 bits per heavy atom. The number of ketones is 1. The maximum atomic E-state index is 12.8. The van der Waals surface area contributed by atoms with Crippen LogP contribution in [0.4, 0.5) is 0 Å². The summed E-state index contributed by atoms with van der Waals surface area (Å²) in [7, 11) is 1.35. The highest BCUT2D eigenvalue weighted by Gasteiger charge is 2.46. The van der Waals surface area contributed by atoms with Crippen molar-refractivity contribution < 1.29 is 85.8 Å². The predicted molar refractivity (Wildman–Crippen MR) is 189 cm³/mol. The van der Waals surface area contributed by atoms with Gasteiger partial charge in [0, 0.05) is 39.0 Å². The van der Waals surface area contributed by atoms with Gasteiger partial charge in [-0.1, -0.05) is 36.5 Å². The van der Waals surface area contributed by atoms with Gasteiger partial charge in [-0.3, -0.25) is 4.79 Å². The van der Waals surface area contributed by atoms with Gasteiger partial charge in [-0.15, -0.1) is 0 Å². The topological polar surface area (TPSA) is 237 Å². The second-order valence-corrected chi connectivity index (χ2v) is 13.2. The first-order valence-electron chi connectivity index (χ1n) is 17.4. The van der Waals surface area contributed by atoms with E-state index in [2.05, 4.69) is 0 Å². The summed E-state index contributed by atoms with van der Waals surface area (Å²) >= 11 is 0. The van der Waals surface area contributed by atoms with Crippen LogP contribution in [0.2, 0.25) is 0 Å². The van der Waals surface area contributed by atoms with E-state index in [1.165, 1.54) is 62.6 Å². The van der Waals surface area contributed by atoms with Gasteiger partial charge < -0.3 is 42.6 Å². The van der Waals surface area contributed by atoms with E-state index in [4.69, 9.17) is 42.6 Å². The monoisotopic (exact) mass is 804 g/mol. The van der Waals surface area contributed by atoms with Gasteiger partial charge in [0.25, 0.3) is 18.4 Å². The number of hydrogen-bond acceptors (Lipinski definition) is 18. The summed E-state index contributed by atoms with van der Waals surface area (Å²) in [4.78, 5) is 112. The third-order valence-corrected chi connectivity index (χ3v) is 8.73. The molecule has 0 aliphatic carbocycles. The van der Waals surface area contributed by atoms with E-state index < -0.39 is 94.4 Å². The molecule has 4 fully saturated rings. The molecule has 1 aromatic carbocycles. The lowest BCUT2D eigenvalue weighted by Crippen LogP contribution is -2.48. The molecule has 0 amide bonds. The number of benzene rings is 1. The largest absolute Gasteiger partial charge is 0.417 e. The van der Waals surface area contributed by atoms with Crippen LogP contribution in [0.1, 0.15) is 68.4 Å². The van der Waals surface area contributed by atoms with Crippen LogP contribution >= 0.6 is 0 Å². The average Bonchev–Trinajstić information content (AvgIpc) is 3.12. The molecular formula is C40H36O18. The molecule has 0 aromatic heterocycles. The zero-order chi connectivity index (χ0) is 42.5. The molecule has 0 bridgehead atoms. The first kappa shape index (κ1) is 42.2. The molecule has 4 heterocycles. The molecule has 4 aliphatic heterocycles. The van der Waals surface area contributed by atoms with Crippen molar-refractivity contribution in [1.82, 2.24) is 0 Å². The average molecular weight is 805 g/mol. The fourth-order valence-electron chi connectivity index (χ4n) is 5.58. The molecule has 0 radical (unpaired) electrons. The first-order valence-corrected chi connectivity index (χ1v) is 17.4. The van der Waals surface area contributed by atoms with E-state index in [1.807, 2.05) is 0 Å². The van der Waals surface area contributed by atoms with Gasteiger partial charge >= 0.3 is 53.5 Å². The third-order valence-electron chi connectivity index (χ3n) is 8.73. The van der Waals surface area contributed by atoms with Crippen LogP contribution in [0.5, 0.6) is 0 Å². The molecule has 1 aromatic rings. The molecule has 0 atom stereocenters. The normalized spacial score (nSPS) is 24.9. The van der Waals surface area contributed by atoms with E-state index in [0.717, 1.165) is 26.0 Å². The minimum absolute atomic E-state index is 0.0219. The molecular weight excluding hydrogens is 768 g/mol. The van der Waals surface area contributed by atoms with Crippen molar-refractivity contribution >= 4 is 53.5 Å². The van der Waals surface area contributed by atoms with Crippen molar-refractivity contribution in [3.63, 3.8) is 0 Å². The van der Waals surface area contributed by atoms with Gasteiger partial charge in [-0.25, -0.2) is 38.4 Å². The molecule has 18 heteroatoms. The van der Waals surface area contributed by atoms with Gasteiger partial charge in [-0.2, -0.15) is 0 Å². The number of esters is 8. The SMILES string of the molecule is COCC1(C)OC(=O)C(=CCC=CC=C2C(=O)OC(c3cc(C)c(C4OC(=O)C(=CCC=CC=C5C(=O)OC(C)(C(C)=O)OC5=O)C(=O)O4)cc3C)OC2=O)C(=O)O1. The summed E-state index contributed by atoms with van der Waals surface area (Å²) in [6.07, 6.45) is 7.34. The van der Waals surface area contributed by atoms with Gasteiger partial charge in [0.1, 0.15) is 28.9 Å². The smallest absolute Gasteiger partial charge is 0.349 e. The lowest BCUT2D eigenvalue weighted by Gasteiger charge is -2.32. The number of allylic oxidation sites excluding steroid dienone is 8. The van der Waals surface area contributed by atoms with Gasteiger partial charge in [-0.05, 0) is 62.1 Å². The Labute approximate surface area is 329 Å². The fraction of sp³-hybridized carbons (Fsp3) is 0.325. The Balaban J connectivity index is 1.17. The molecule has 0 spiro atoms. The molecule has 5 rings (SSSR count). The molecule has 4 saturated heterocycles. The minimum atomic E-state index is -2.02. The highest BCUT2D eigenvalue weighted by Crippen LogP contribution is 2.35. The van der Waals surface area contributed by atoms with Crippen molar-refractivity contribution in [3.05, 3.63) is 105 Å². The third kappa shape index (κ3) is 9.18. The highest BCUT2D eigenvalue weighted by molar-refractivity contribution is 6.18. The molecule has 18 nitrogen and oxygen atoms in total. The van der Waals surface area contributed by atoms with Crippen LogP contribution in [0.25, 0.3) is 0 Å². The second-order valence-electron chi connectivity index (χ2n) is 13.2. The van der Waals surface area contributed by atoms with Crippen molar-refractivity contribution in [2.75, 3.05) is 13.7 Å². The van der Waals surface area contributed by atoms with Crippen molar-refractivity contribution in [2.45, 2.75) is 71.6 Å². The number of rotatable bonds is 11. The summed E-state index contributed by atoms with van der Waals surface area (Å²) in [6, 6.07) is 3.03. The molecule has 0 N–H and O–H groups in total. The van der Waals surface area contributed by atoms with Crippen molar-refractivity contribution in [3.8, 4) is 0 Å². The number of aryl methyl sites for hydroxylation is 2. The zero-order valence-corrected chi connectivity index (χ0v) is 31.9. The molecule has 0 saturated carbocycles. The van der Waals surface area contributed by atoms with Crippen LogP contribution in [0.15, 0.2) is 83.0 Å². The predicted octanol–water partition coefficient (Wildman–Crippen LogP) is 2.97. The van der Waals surface area contributed by atoms with E-state index in [1.54, 1.807) is 13.8 Å². The number of carbonyl (C=O) groups is 9. The Bertz CT molecular complexity index is 2110. The summed E-state index contributed by atoms with van der Waals surface area (Å²) in [5.41, 5.74) is -0.200. The van der Waals surface area contributed by atoms with E-state index in [9.17, 15) is 43.2 Å². The van der Waals surface area contributed by atoms with Crippen LogP contribution < -0.4 is 0 Å². The van der Waals surface area contributed by atoms with Gasteiger partial charge in [0.2, 0.25) is 5.78 Å². The van der Waals surface area contributed by atoms with Crippen molar-refractivity contribution in [2.24, 2.45) is 0 Å². The maximum absolute atomic E-state index is 12.8. The minimum Gasteiger partial charge on any atom is -0.417 e. The van der Waals surface area contributed by atoms with Crippen LogP contribution in [0.3, 0.4) is 0 Å². The number of methoxy groups -OCH3 is 1. The molecule has 4 aliphatic rings. The quantitative estimate of drug-likeness (QED) is 0.135. The van der Waals surface area contributed by atoms with Crippen LogP contribution in [-0.4, -0.2) is 78.8 Å². The number of ether oxygens (including phenoxy) is 9. The summed E-state index contributed by atoms with van der Waals surface area (Å²) in [5, 5.41) is 0. The summed E-state index contributed by atoms with van der Waals surface area (Å²) in [5.74, 6) is -12.1. The summed E-state index contributed by atoms with van der Waals surface area (Å²) < 4.78 is 46.5.